The number of benzene rings is 2. The maximum absolute atomic E-state index is 13.1. The number of fused-ring (bicyclic) bond motifs is 1. The van der Waals surface area contributed by atoms with E-state index in [1.807, 2.05) is 6.07 Å². The Morgan fingerprint density at radius 1 is 1.04 bits per heavy atom. The van der Waals surface area contributed by atoms with Gasteiger partial charge in [-0.25, -0.2) is 4.79 Å². The first-order valence-corrected chi connectivity index (χ1v) is 7.07. The first-order chi connectivity index (χ1) is 11.2. The molecular formula is C17H17F3O4. The van der Waals surface area contributed by atoms with E-state index in [-0.39, 0.29) is 6.61 Å². The lowest BCUT2D eigenvalue weighted by atomic mass is 10.1. The van der Waals surface area contributed by atoms with Gasteiger partial charge in [0.15, 0.2) is 0 Å². The van der Waals surface area contributed by atoms with Crippen LogP contribution in [-0.2, 0) is 20.9 Å². The van der Waals surface area contributed by atoms with Crippen LogP contribution < -0.4 is 4.74 Å². The number of hydrogen-bond acceptors (Lipinski definition) is 4. The minimum Gasteiger partial charge on any atom is -0.497 e. The van der Waals surface area contributed by atoms with Crippen LogP contribution >= 0.6 is 0 Å². The third-order valence-electron chi connectivity index (χ3n) is 3.76. The number of carbonyl (C=O) groups excluding carboxylic acids is 1. The molecule has 0 saturated heterocycles. The number of carbonyl (C=O) groups is 1. The SMILES string of the molecule is COC(=O)C(C)(OCc1ccc2cc(OC)ccc2c1)C(F)(F)F. The molecular weight excluding hydrogens is 325 g/mol. The van der Waals surface area contributed by atoms with Crippen LogP contribution in [0.1, 0.15) is 12.5 Å². The van der Waals surface area contributed by atoms with Crippen molar-refractivity contribution in [2.45, 2.75) is 25.3 Å². The predicted molar refractivity (Wildman–Crippen MR) is 81.8 cm³/mol. The molecule has 0 saturated carbocycles. The molecule has 24 heavy (non-hydrogen) atoms. The van der Waals surface area contributed by atoms with E-state index in [2.05, 4.69) is 4.74 Å². The van der Waals surface area contributed by atoms with E-state index in [4.69, 9.17) is 9.47 Å². The quantitative estimate of drug-likeness (QED) is 0.774. The van der Waals surface area contributed by atoms with E-state index < -0.39 is 17.7 Å². The molecule has 0 aliphatic rings. The normalized spacial score (nSPS) is 14.2. The Morgan fingerprint density at radius 2 is 1.67 bits per heavy atom. The summed E-state index contributed by atoms with van der Waals surface area (Å²) in [5.41, 5.74) is -2.51. The van der Waals surface area contributed by atoms with Gasteiger partial charge in [0.1, 0.15) is 5.75 Å². The Bertz CT molecular complexity index is 742. The maximum atomic E-state index is 13.1. The van der Waals surface area contributed by atoms with Gasteiger partial charge in [0.2, 0.25) is 0 Å². The van der Waals surface area contributed by atoms with E-state index in [0.717, 1.165) is 17.9 Å². The second kappa shape index (κ2) is 6.68. The number of hydrogen-bond donors (Lipinski definition) is 0. The van der Waals surface area contributed by atoms with Crippen molar-refractivity contribution in [1.29, 1.82) is 0 Å². The molecule has 7 heteroatoms. The monoisotopic (exact) mass is 342 g/mol. The molecule has 0 aliphatic carbocycles. The smallest absolute Gasteiger partial charge is 0.428 e. The van der Waals surface area contributed by atoms with Crippen LogP contribution in [0.5, 0.6) is 5.75 Å². The molecule has 2 aromatic carbocycles. The van der Waals surface area contributed by atoms with E-state index in [0.29, 0.717) is 18.2 Å². The zero-order valence-corrected chi connectivity index (χ0v) is 13.4. The molecule has 1 atom stereocenters. The number of alkyl halides is 3. The van der Waals surface area contributed by atoms with Crippen molar-refractivity contribution in [2.24, 2.45) is 0 Å². The average Bonchev–Trinajstić information content (AvgIpc) is 2.57. The highest BCUT2D eigenvalue weighted by Crippen LogP contribution is 2.35. The molecule has 0 fully saturated rings. The van der Waals surface area contributed by atoms with Crippen LogP contribution in [0.25, 0.3) is 10.8 Å². The summed E-state index contributed by atoms with van der Waals surface area (Å²) in [6.45, 7) is 0.276. The van der Waals surface area contributed by atoms with Crippen molar-refractivity contribution in [1.82, 2.24) is 0 Å². The molecule has 130 valence electrons. The minimum absolute atomic E-state index is 0.382. The van der Waals surface area contributed by atoms with E-state index in [9.17, 15) is 18.0 Å². The number of halogens is 3. The Hall–Kier alpha value is -2.28. The summed E-state index contributed by atoms with van der Waals surface area (Å²) < 4.78 is 53.7. The Morgan fingerprint density at radius 3 is 2.25 bits per heavy atom. The highest BCUT2D eigenvalue weighted by molar-refractivity contribution is 5.84. The highest BCUT2D eigenvalue weighted by Gasteiger charge is 2.59. The molecule has 4 nitrogen and oxygen atoms in total. The van der Waals surface area contributed by atoms with E-state index >= 15 is 0 Å². The summed E-state index contributed by atoms with van der Waals surface area (Å²) in [5, 5.41) is 1.70. The Balaban J connectivity index is 2.24. The third-order valence-corrected chi connectivity index (χ3v) is 3.76. The Kier molecular flexibility index (Phi) is 5.03. The van der Waals surface area contributed by atoms with Gasteiger partial charge in [-0.3, -0.25) is 0 Å². The maximum Gasteiger partial charge on any atom is 0.428 e. The van der Waals surface area contributed by atoms with E-state index in [1.54, 1.807) is 37.4 Å². The van der Waals surface area contributed by atoms with Crippen molar-refractivity contribution in [3.05, 3.63) is 42.0 Å². The second-order valence-electron chi connectivity index (χ2n) is 5.36. The third kappa shape index (κ3) is 3.46. The zero-order chi connectivity index (χ0) is 18.0. The summed E-state index contributed by atoms with van der Waals surface area (Å²) >= 11 is 0. The van der Waals surface area contributed by atoms with Crippen LogP contribution in [0.2, 0.25) is 0 Å². The second-order valence-corrected chi connectivity index (χ2v) is 5.36. The van der Waals surface area contributed by atoms with Crippen LogP contribution in [0.15, 0.2) is 36.4 Å². The van der Waals surface area contributed by atoms with Gasteiger partial charge in [0.05, 0.1) is 20.8 Å². The molecule has 0 amide bonds. The standard InChI is InChI=1S/C17H17F3O4/c1-16(15(21)23-3,17(18,19)20)24-10-11-4-5-13-9-14(22-2)7-6-12(13)8-11/h4-9H,10H2,1-3H3. The lowest BCUT2D eigenvalue weighted by Crippen LogP contribution is -2.52. The Labute approximate surface area is 137 Å². The summed E-state index contributed by atoms with van der Waals surface area (Å²) in [5.74, 6) is -0.803. The molecule has 2 rings (SSSR count). The van der Waals surface area contributed by atoms with Crippen molar-refractivity contribution in [3.8, 4) is 5.75 Å². The van der Waals surface area contributed by atoms with Gasteiger partial charge in [-0.05, 0) is 41.5 Å². The molecule has 0 N–H and O–H groups in total. The molecule has 0 aliphatic heterocycles. The lowest BCUT2D eigenvalue weighted by Gasteiger charge is -2.29. The van der Waals surface area contributed by atoms with Gasteiger partial charge in [-0.1, -0.05) is 18.2 Å². The number of ether oxygens (including phenoxy) is 3. The summed E-state index contributed by atoms with van der Waals surface area (Å²) in [6, 6.07) is 10.4. The van der Waals surface area contributed by atoms with Gasteiger partial charge < -0.3 is 14.2 Å². The fourth-order valence-corrected chi connectivity index (χ4v) is 2.17. The molecule has 0 bridgehead atoms. The minimum atomic E-state index is -4.88. The van der Waals surface area contributed by atoms with Crippen LogP contribution in [0, 0.1) is 0 Å². The summed E-state index contributed by atoms with van der Waals surface area (Å²) in [7, 11) is 2.44. The van der Waals surface area contributed by atoms with Crippen molar-refractivity contribution < 1.29 is 32.2 Å². The molecule has 0 spiro atoms. The fourth-order valence-electron chi connectivity index (χ4n) is 2.17. The van der Waals surface area contributed by atoms with Gasteiger partial charge in [-0.15, -0.1) is 0 Å². The summed E-state index contributed by atoms with van der Waals surface area (Å²) in [4.78, 5) is 11.5. The van der Waals surface area contributed by atoms with Crippen molar-refractivity contribution >= 4 is 16.7 Å². The lowest BCUT2D eigenvalue weighted by molar-refractivity contribution is -0.273. The topological polar surface area (TPSA) is 44.8 Å². The predicted octanol–water partition coefficient (Wildman–Crippen LogP) is 3.86. The van der Waals surface area contributed by atoms with Crippen LogP contribution in [0.4, 0.5) is 13.2 Å². The molecule has 0 radical (unpaired) electrons. The van der Waals surface area contributed by atoms with Crippen molar-refractivity contribution in [2.75, 3.05) is 14.2 Å². The van der Waals surface area contributed by atoms with Gasteiger partial charge in [-0.2, -0.15) is 13.2 Å². The molecule has 2 aromatic rings. The van der Waals surface area contributed by atoms with Gasteiger partial charge >= 0.3 is 12.1 Å². The van der Waals surface area contributed by atoms with Gasteiger partial charge in [0, 0.05) is 0 Å². The van der Waals surface area contributed by atoms with Crippen LogP contribution in [-0.4, -0.2) is 32.0 Å². The number of methoxy groups -OCH3 is 2. The molecule has 0 heterocycles. The molecule has 0 aromatic heterocycles. The van der Waals surface area contributed by atoms with Gasteiger partial charge in [0.25, 0.3) is 5.60 Å². The average molecular weight is 342 g/mol. The largest absolute Gasteiger partial charge is 0.497 e. The number of esters is 1. The highest BCUT2D eigenvalue weighted by atomic mass is 19.4. The molecule has 1 unspecified atom stereocenters. The van der Waals surface area contributed by atoms with Crippen LogP contribution in [0.3, 0.4) is 0 Å². The first-order valence-electron chi connectivity index (χ1n) is 7.07. The summed E-state index contributed by atoms with van der Waals surface area (Å²) in [6.07, 6.45) is -4.88. The fraction of sp³-hybridized carbons (Fsp3) is 0.353. The van der Waals surface area contributed by atoms with Crippen molar-refractivity contribution in [3.63, 3.8) is 0 Å². The zero-order valence-electron chi connectivity index (χ0n) is 13.4. The number of rotatable bonds is 5. The first kappa shape index (κ1) is 18.1. The van der Waals surface area contributed by atoms with E-state index in [1.165, 1.54) is 0 Å².